The minimum Gasteiger partial charge on any atom is -0.486 e. The zero-order chi connectivity index (χ0) is 19.1. The molecule has 3 rings (SSSR count). The molecule has 0 fully saturated rings. The van der Waals surface area contributed by atoms with E-state index in [0.717, 1.165) is 17.1 Å². The van der Waals surface area contributed by atoms with Crippen molar-refractivity contribution in [3.63, 3.8) is 0 Å². The lowest BCUT2D eigenvalue weighted by molar-refractivity contribution is -0.123. The zero-order valence-corrected chi connectivity index (χ0v) is 15.0. The number of nitrogens with one attached hydrogen (secondary N) is 1. The van der Waals surface area contributed by atoms with Gasteiger partial charge in [-0.3, -0.25) is 4.79 Å². The van der Waals surface area contributed by atoms with E-state index >= 15 is 0 Å². The predicted octanol–water partition coefficient (Wildman–Crippen LogP) is 1.98. The third-order valence-electron chi connectivity index (χ3n) is 3.97. The van der Waals surface area contributed by atoms with Crippen LogP contribution in [0.4, 0.5) is 0 Å². The molecule has 0 atom stereocenters. The predicted molar refractivity (Wildman–Crippen MR) is 97.4 cm³/mol. The van der Waals surface area contributed by atoms with Crippen LogP contribution in [0.15, 0.2) is 42.5 Å². The number of rotatable bonds is 7. The Kier molecular flexibility index (Phi) is 6.14. The highest BCUT2D eigenvalue weighted by Gasteiger charge is 2.12. The van der Waals surface area contributed by atoms with Gasteiger partial charge in [-0.2, -0.15) is 0 Å². The van der Waals surface area contributed by atoms with Crippen LogP contribution in [-0.2, 0) is 16.0 Å². The van der Waals surface area contributed by atoms with Gasteiger partial charge >= 0.3 is 5.97 Å². The van der Waals surface area contributed by atoms with E-state index in [1.54, 1.807) is 18.2 Å². The Hall–Kier alpha value is -3.22. The number of amides is 1. The summed E-state index contributed by atoms with van der Waals surface area (Å²) in [5, 5.41) is 2.80. The lowest BCUT2D eigenvalue weighted by Gasteiger charge is -2.18. The topological polar surface area (TPSA) is 83.1 Å². The highest BCUT2D eigenvalue weighted by molar-refractivity contribution is 5.89. The molecule has 0 unspecified atom stereocenters. The van der Waals surface area contributed by atoms with Gasteiger partial charge < -0.3 is 24.3 Å². The maximum absolute atomic E-state index is 11.9. The maximum atomic E-state index is 11.9. The van der Waals surface area contributed by atoms with Crippen molar-refractivity contribution in [2.45, 2.75) is 6.42 Å². The second-order valence-corrected chi connectivity index (χ2v) is 5.89. The van der Waals surface area contributed by atoms with Crippen LogP contribution in [-0.4, -0.2) is 45.4 Å². The molecule has 1 aliphatic heterocycles. The molecule has 1 aliphatic rings. The fourth-order valence-corrected chi connectivity index (χ4v) is 2.62. The van der Waals surface area contributed by atoms with Crippen LogP contribution in [0.5, 0.6) is 17.2 Å². The maximum Gasteiger partial charge on any atom is 0.337 e. The number of methoxy groups -OCH3 is 1. The van der Waals surface area contributed by atoms with Crippen LogP contribution in [0.3, 0.4) is 0 Å². The quantitative estimate of drug-likeness (QED) is 0.750. The number of esters is 1. The lowest BCUT2D eigenvalue weighted by Crippen LogP contribution is -2.30. The molecular weight excluding hydrogens is 350 g/mol. The first-order chi connectivity index (χ1) is 13.2. The number of carbonyl (C=O) groups is 2. The van der Waals surface area contributed by atoms with E-state index in [9.17, 15) is 9.59 Å². The van der Waals surface area contributed by atoms with Crippen LogP contribution in [0.2, 0.25) is 0 Å². The molecular formula is C20H21NO6. The Bertz CT molecular complexity index is 820. The van der Waals surface area contributed by atoms with Gasteiger partial charge in [0.1, 0.15) is 19.0 Å². The summed E-state index contributed by atoms with van der Waals surface area (Å²) in [6, 6.07) is 12.3. The first-order valence-corrected chi connectivity index (χ1v) is 8.62. The molecule has 1 heterocycles. The van der Waals surface area contributed by atoms with Crippen molar-refractivity contribution >= 4 is 11.9 Å². The first kappa shape index (κ1) is 18.6. The lowest BCUT2D eigenvalue weighted by atomic mass is 10.1. The summed E-state index contributed by atoms with van der Waals surface area (Å²) in [6.45, 7) is 1.45. The Labute approximate surface area is 157 Å². The summed E-state index contributed by atoms with van der Waals surface area (Å²) in [5.74, 6) is 1.22. The third kappa shape index (κ3) is 5.13. The molecule has 0 saturated carbocycles. The summed E-state index contributed by atoms with van der Waals surface area (Å²) in [7, 11) is 1.31. The van der Waals surface area contributed by atoms with Crippen LogP contribution in [0.1, 0.15) is 15.9 Å². The van der Waals surface area contributed by atoms with Crippen molar-refractivity contribution in [3.8, 4) is 17.2 Å². The van der Waals surface area contributed by atoms with Crippen molar-refractivity contribution in [1.82, 2.24) is 5.32 Å². The van der Waals surface area contributed by atoms with Gasteiger partial charge in [-0.1, -0.05) is 12.1 Å². The van der Waals surface area contributed by atoms with Crippen LogP contribution < -0.4 is 19.5 Å². The van der Waals surface area contributed by atoms with Crippen molar-refractivity contribution in [1.29, 1.82) is 0 Å². The zero-order valence-electron chi connectivity index (χ0n) is 15.0. The number of ether oxygens (including phenoxy) is 4. The van der Waals surface area contributed by atoms with Gasteiger partial charge in [-0.15, -0.1) is 0 Å². The molecule has 2 aromatic carbocycles. The molecule has 0 bridgehead atoms. The summed E-state index contributed by atoms with van der Waals surface area (Å²) in [6.07, 6.45) is 0.667. The van der Waals surface area contributed by atoms with E-state index in [1.165, 1.54) is 13.2 Å². The third-order valence-corrected chi connectivity index (χ3v) is 3.97. The number of hydrogen-bond acceptors (Lipinski definition) is 6. The summed E-state index contributed by atoms with van der Waals surface area (Å²) >= 11 is 0. The van der Waals surface area contributed by atoms with Crippen molar-refractivity contribution < 1.29 is 28.5 Å². The van der Waals surface area contributed by atoms with Gasteiger partial charge in [0, 0.05) is 6.54 Å². The molecule has 7 nitrogen and oxygen atoms in total. The highest BCUT2D eigenvalue weighted by atomic mass is 16.6. The van der Waals surface area contributed by atoms with E-state index in [2.05, 4.69) is 10.1 Å². The van der Waals surface area contributed by atoms with E-state index < -0.39 is 5.97 Å². The average molecular weight is 371 g/mol. The molecule has 0 aliphatic carbocycles. The molecule has 1 N–H and O–H groups in total. The Balaban J connectivity index is 1.43. The molecule has 1 amide bonds. The minimum atomic E-state index is -0.454. The molecule has 7 heteroatoms. The van der Waals surface area contributed by atoms with Crippen LogP contribution >= 0.6 is 0 Å². The second kappa shape index (κ2) is 8.93. The average Bonchev–Trinajstić information content (AvgIpc) is 2.71. The number of benzene rings is 2. The van der Waals surface area contributed by atoms with E-state index in [0.29, 0.717) is 37.5 Å². The number of fused-ring (bicyclic) bond motifs is 1. The standard InChI is InChI=1S/C20H21NO6/c1-24-20(23)15-3-2-4-16(12-15)27-13-19(22)21-8-7-14-5-6-17-18(11-14)26-10-9-25-17/h2-6,11-12H,7-10,13H2,1H3,(H,21,22). The van der Waals surface area contributed by atoms with Crippen molar-refractivity contribution in [2.75, 3.05) is 33.5 Å². The fraction of sp³-hybridized carbons (Fsp3) is 0.300. The van der Waals surface area contributed by atoms with Crippen molar-refractivity contribution in [3.05, 3.63) is 53.6 Å². The SMILES string of the molecule is COC(=O)c1cccc(OCC(=O)NCCc2ccc3c(c2)OCCO3)c1. The molecule has 27 heavy (non-hydrogen) atoms. The van der Waals surface area contributed by atoms with Gasteiger partial charge in [-0.25, -0.2) is 4.79 Å². The fourth-order valence-electron chi connectivity index (χ4n) is 2.62. The van der Waals surface area contributed by atoms with Crippen LogP contribution in [0.25, 0.3) is 0 Å². The largest absolute Gasteiger partial charge is 0.486 e. The van der Waals surface area contributed by atoms with E-state index in [1.807, 2.05) is 18.2 Å². The molecule has 0 spiro atoms. The van der Waals surface area contributed by atoms with Crippen molar-refractivity contribution in [2.24, 2.45) is 0 Å². The summed E-state index contributed by atoms with van der Waals surface area (Å²) in [4.78, 5) is 23.4. The summed E-state index contributed by atoms with van der Waals surface area (Å²) < 4.78 is 21.1. The van der Waals surface area contributed by atoms with E-state index in [-0.39, 0.29) is 12.5 Å². The molecule has 0 radical (unpaired) electrons. The number of carbonyl (C=O) groups excluding carboxylic acids is 2. The van der Waals surface area contributed by atoms with Crippen LogP contribution in [0, 0.1) is 0 Å². The smallest absolute Gasteiger partial charge is 0.337 e. The van der Waals surface area contributed by atoms with Gasteiger partial charge in [0.25, 0.3) is 5.91 Å². The normalized spacial score (nSPS) is 12.2. The molecule has 142 valence electrons. The molecule has 2 aromatic rings. The monoisotopic (exact) mass is 371 g/mol. The Morgan fingerprint density at radius 2 is 1.89 bits per heavy atom. The van der Waals surface area contributed by atoms with Gasteiger partial charge in [0.05, 0.1) is 12.7 Å². The Morgan fingerprint density at radius 3 is 2.70 bits per heavy atom. The molecule has 0 saturated heterocycles. The van der Waals surface area contributed by atoms with E-state index in [4.69, 9.17) is 14.2 Å². The highest BCUT2D eigenvalue weighted by Crippen LogP contribution is 2.30. The van der Waals surface area contributed by atoms with Gasteiger partial charge in [-0.05, 0) is 42.3 Å². The van der Waals surface area contributed by atoms with Gasteiger partial charge in [0.15, 0.2) is 18.1 Å². The first-order valence-electron chi connectivity index (χ1n) is 8.62. The summed E-state index contributed by atoms with van der Waals surface area (Å²) in [5.41, 5.74) is 1.42. The minimum absolute atomic E-state index is 0.133. The molecule has 0 aromatic heterocycles. The van der Waals surface area contributed by atoms with Gasteiger partial charge in [0.2, 0.25) is 0 Å². The Morgan fingerprint density at radius 1 is 1.07 bits per heavy atom. The second-order valence-electron chi connectivity index (χ2n) is 5.89. The number of hydrogen-bond donors (Lipinski definition) is 1.